The van der Waals surface area contributed by atoms with Crippen LogP contribution < -0.4 is 9.47 Å². The van der Waals surface area contributed by atoms with E-state index in [0.29, 0.717) is 47.3 Å². The van der Waals surface area contributed by atoms with Crippen LogP contribution in [-0.2, 0) is 4.74 Å². The number of halogens is 1. The number of hydrogen-bond acceptors (Lipinski definition) is 4. The molecule has 1 saturated heterocycles. The van der Waals surface area contributed by atoms with E-state index < -0.39 is 0 Å². The van der Waals surface area contributed by atoms with Gasteiger partial charge in [-0.3, -0.25) is 4.79 Å². The number of rotatable bonds is 4. The van der Waals surface area contributed by atoms with E-state index >= 15 is 0 Å². The SMILES string of the molecule is O=C(c1cc(Cl)c2c(c1)OCCCO2)N(C[C@@H]1CCOC1)C1CC1. The standard InChI is InChI=1S/C18H22ClNO4/c19-15-8-13(9-16-17(15)24-6-1-5-23-16)18(21)20(14-2-3-14)10-12-4-7-22-11-12/h8-9,12,14H,1-7,10-11H2/t12-/m0/s1. The smallest absolute Gasteiger partial charge is 0.254 e. The first-order valence-electron chi connectivity index (χ1n) is 8.70. The van der Waals surface area contributed by atoms with Crippen LogP contribution in [0, 0.1) is 5.92 Å². The number of nitrogens with zero attached hydrogens (tertiary/aromatic N) is 1. The molecule has 0 N–H and O–H groups in total. The molecule has 0 radical (unpaired) electrons. The molecule has 4 rings (SSSR count). The molecule has 2 aliphatic heterocycles. The van der Waals surface area contributed by atoms with Crippen LogP contribution >= 0.6 is 11.6 Å². The molecule has 1 saturated carbocycles. The summed E-state index contributed by atoms with van der Waals surface area (Å²) < 4.78 is 16.8. The predicted octanol–water partition coefficient (Wildman–Crippen LogP) is 3.14. The third-order valence-corrected chi connectivity index (χ3v) is 5.06. The maximum atomic E-state index is 13.1. The van der Waals surface area contributed by atoms with Crippen LogP contribution in [0.5, 0.6) is 11.5 Å². The van der Waals surface area contributed by atoms with Gasteiger partial charge in [0.25, 0.3) is 5.91 Å². The van der Waals surface area contributed by atoms with Crippen LogP contribution in [0.15, 0.2) is 12.1 Å². The Labute approximate surface area is 146 Å². The van der Waals surface area contributed by atoms with E-state index in [1.165, 1.54) is 0 Å². The van der Waals surface area contributed by atoms with Crippen molar-refractivity contribution in [1.82, 2.24) is 4.90 Å². The van der Waals surface area contributed by atoms with Gasteiger partial charge in [0.2, 0.25) is 0 Å². The molecular formula is C18H22ClNO4. The van der Waals surface area contributed by atoms with Crippen LogP contribution in [0.1, 0.15) is 36.0 Å². The summed E-state index contributed by atoms with van der Waals surface area (Å²) in [4.78, 5) is 15.1. The van der Waals surface area contributed by atoms with Gasteiger partial charge in [-0.05, 0) is 31.4 Å². The molecule has 1 aromatic carbocycles. The average molecular weight is 352 g/mol. The minimum Gasteiger partial charge on any atom is -0.489 e. The third kappa shape index (κ3) is 3.33. The zero-order valence-corrected chi connectivity index (χ0v) is 14.4. The van der Waals surface area contributed by atoms with Crippen LogP contribution in [-0.4, -0.2) is 49.8 Å². The minimum absolute atomic E-state index is 0.0296. The van der Waals surface area contributed by atoms with Crippen LogP contribution in [0.4, 0.5) is 0 Å². The van der Waals surface area contributed by atoms with Gasteiger partial charge < -0.3 is 19.1 Å². The molecular weight excluding hydrogens is 330 g/mol. The van der Waals surface area contributed by atoms with Gasteiger partial charge in [-0.2, -0.15) is 0 Å². The largest absolute Gasteiger partial charge is 0.489 e. The molecule has 0 aromatic heterocycles. The normalized spacial score (nSPS) is 23.0. The summed E-state index contributed by atoms with van der Waals surface area (Å²) in [6.45, 7) is 3.46. The first kappa shape index (κ1) is 16.0. The maximum absolute atomic E-state index is 13.1. The second-order valence-corrected chi connectivity index (χ2v) is 7.16. The van der Waals surface area contributed by atoms with Crippen molar-refractivity contribution in [3.63, 3.8) is 0 Å². The van der Waals surface area contributed by atoms with Crippen molar-refractivity contribution < 1.29 is 19.0 Å². The van der Waals surface area contributed by atoms with E-state index in [4.69, 9.17) is 25.8 Å². The fourth-order valence-electron chi connectivity index (χ4n) is 3.31. The topological polar surface area (TPSA) is 48.0 Å². The van der Waals surface area contributed by atoms with Gasteiger partial charge in [-0.1, -0.05) is 11.6 Å². The first-order chi connectivity index (χ1) is 11.7. The molecule has 2 heterocycles. The lowest BCUT2D eigenvalue weighted by Gasteiger charge is -2.25. The Morgan fingerprint density at radius 2 is 2.00 bits per heavy atom. The number of carbonyl (C=O) groups is 1. The second-order valence-electron chi connectivity index (χ2n) is 6.75. The number of carbonyl (C=O) groups excluding carboxylic acids is 1. The zero-order chi connectivity index (χ0) is 16.5. The zero-order valence-electron chi connectivity index (χ0n) is 13.6. The van der Waals surface area contributed by atoms with Crippen molar-refractivity contribution in [3.05, 3.63) is 22.7 Å². The highest BCUT2D eigenvalue weighted by atomic mass is 35.5. The lowest BCUT2D eigenvalue weighted by Crippen LogP contribution is -2.37. The van der Waals surface area contributed by atoms with E-state index in [1.807, 2.05) is 4.90 Å². The van der Waals surface area contributed by atoms with Gasteiger partial charge in [-0.25, -0.2) is 0 Å². The number of fused-ring (bicyclic) bond motifs is 1. The molecule has 1 atom stereocenters. The summed E-state index contributed by atoms with van der Waals surface area (Å²) in [7, 11) is 0. The molecule has 2 fully saturated rings. The van der Waals surface area contributed by atoms with Gasteiger partial charge in [-0.15, -0.1) is 0 Å². The summed E-state index contributed by atoms with van der Waals surface area (Å²) in [5, 5.41) is 0.442. The molecule has 3 aliphatic rings. The maximum Gasteiger partial charge on any atom is 0.254 e. The lowest BCUT2D eigenvalue weighted by molar-refractivity contribution is 0.0706. The average Bonchev–Trinajstić information content (AvgIpc) is 3.34. The van der Waals surface area contributed by atoms with E-state index in [1.54, 1.807) is 12.1 Å². The van der Waals surface area contributed by atoms with Crippen LogP contribution in [0.3, 0.4) is 0 Å². The van der Waals surface area contributed by atoms with Crippen molar-refractivity contribution in [2.45, 2.75) is 31.7 Å². The molecule has 1 amide bonds. The molecule has 0 spiro atoms. The van der Waals surface area contributed by atoms with Gasteiger partial charge in [0.15, 0.2) is 11.5 Å². The summed E-state index contributed by atoms with van der Waals surface area (Å²) in [5.74, 6) is 1.59. The summed E-state index contributed by atoms with van der Waals surface area (Å²) in [5.41, 5.74) is 0.579. The fourth-order valence-corrected chi connectivity index (χ4v) is 3.57. The molecule has 1 aliphatic carbocycles. The van der Waals surface area contributed by atoms with Crippen LogP contribution in [0.25, 0.3) is 0 Å². The molecule has 130 valence electrons. The quantitative estimate of drug-likeness (QED) is 0.836. The number of ether oxygens (including phenoxy) is 3. The summed E-state index contributed by atoms with van der Waals surface area (Å²) in [6.07, 6.45) is 4.00. The monoisotopic (exact) mass is 351 g/mol. The first-order valence-corrected chi connectivity index (χ1v) is 9.08. The summed E-state index contributed by atoms with van der Waals surface area (Å²) >= 11 is 6.34. The van der Waals surface area contributed by atoms with Gasteiger partial charge in [0.05, 0.1) is 24.8 Å². The second kappa shape index (κ2) is 6.81. The Hall–Kier alpha value is -1.46. The predicted molar refractivity (Wildman–Crippen MR) is 90.0 cm³/mol. The van der Waals surface area contributed by atoms with Crippen molar-refractivity contribution in [1.29, 1.82) is 0 Å². The summed E-state index contributed by atoms with van der Waals surface area (Å²) in [6, 6.07) is 3.83. The van der Waals surface area contributed by atoms with Gasteiger partial charge >= 0.3 is 0 Å². The molecule has 0 bridgehead atoms. The van der Waals surface area contributed by atoms with E-state index in [2.05, 4.69) is 0 Å². The molecule has 6 heteroatoms. The van der Waals surface area contributed by atoms with E-state index in [-0.39, 0.29) is 5.91 Å². The number of amides is 1. The van der Waals surface area contributed by atoms with Crippen molar-refractivity contribution in [2.24, 2.45) is 5.92 Å². The van der Waals surface area contributed by atoms with Crippen molar-refractivity contribution in [3.8, 4) is 11.5 Å². The van der Waals surface area contributed by atoms with Gasteiger partial charge in [0.1, 0.15) is 0 Å². The Morgan fingerprint density at radius 1 is 1.17 bits per heavy atom. The van der Waals surface area contributed by atoms with Crippen LogP contribution in [0.2, 0.25) is 5.02 Å². The van der Waals surface area contributed by atoms with Gasteiger partial charge in [0, 0.05) is 37.1 Å². The fraction of sp³-hybridized carbons (Fsp3) is 0.611. The molecule has 24 heavy (non-hydrogen) atoms. The Morgan fingerprint density at radius 3 is 2.75 bits per heavy atom. The van der Waals surface area contributed by atoms with E-state index in [0.717, 1.165) is 45.4 Å². The molecule has 5 nitrogen and oxygen atoms in total. The third-order valence-electron chi connectivity index (χ3n) is 4.78. The van der Waals surface area contributed by atoms with Crippen molar-refractivity contribution >= 4 is 17.5 Å². The lowest BCUT2D eigenvalue weighted by atomic mass is 10.1. The number of benzene rings is 1. The highest BCUT2D eigenvalue weighted by Crippen LogP contribution is 2.39. The van der Waals surface area contributed by atoms with Crippen molar-refractivity contribution in [2.75, 3.05) is 33.0 Å². The molecule has 0 unspecified atom stereocenters. The minimum atomic E-state index is 0.0296. The molecule has 1 aromatic rings. The highest BCUT2D eigenvalue weighted by Gasteiger charge is 2.35. The highest BCUT2D eigenvalue weighted by molar-refractivity contribution is 6.32. The Balaban J connectivity index is 1.57. The Kier molecular flexibility index (Phi) is 4.55. The van der Waals surface area contributed by atoms with E-state index in [9.17, 15) is 4.79 Å². The Bertz CT molecular complexity index is 626. The number of hydrogen-bond donors (Lipinski definition) is 0.